The van der Waals surface area contributed by atoms with Gasteiger partial charge in [0.1, 0.15) is 10.6 Å². The van der Waals surface area contributed by atoms with Gasteiger partial charge in [-0.15, -0.1) is 0 Å². The number of nitrogens with zero attached hydrogens (tertiary/aromatic N) is 2. The molecule has 7 heteroatoms. The summed E-state index contributed by atoms with van der Waals surface area (Å²) in [7, 11) is -2.07. The molecule has 0 spiro atoms. The van der Waals surface area contributed by atoms with E-state index >= 15 is 0 Å². The topological polar surface area (TPSA) is 85.4 Å². The Hall–Kier alpha value is -1.34. The van der Waals surface area contributed by atoms with E-state index in [0.29, 0.717) is 12.2 Å². The van der Waals surface area contributed by atoms with Crippen LogP contribution in [0.1, 0.15) is 50.1 Å². The minimum atomic E-state index is -3.80. The van der Waals surface area contributed by atoms with Crippen molar-refractivity contribution in [3.8, 4) is 0 Å². The number of sulfonamides is 1. The predicted octanol–water partition coefficient (Wildman–Crippen LogP) is 1.59. The Kier molecular flexibility index (Phi) is 3.92. The van der Waals surface area contributed by atoms with E-state index in [-0.39, 0.29) is 22.3 Å². The molecule has 1 saturated carbocycles. The minimum Gasteiger partial charge on any atom is -0.340 e. The number of amides is 1. The number of primary sulfonamides is 1. The molecule has 0 unspecified atom stereocenters. The monoisotopic (exact) mass is 313 g/mol. The van der Waals surface area contributed by atoms with Crippen LogP contribution < -0.4 is 5.14 Å². The first-order valence-corrected chi connectivity index (χ1v) is 8.54. The van der Waals surface area contributed by atoms with Crippen molar-refractivity contribution in [2.45, 2.75) is 44.6 Å². The highest BCUT2D eigenvalue weighted by molar-refractivity contribution is 7.89. The largest absolute Gasteiger partial charge is 0.340 e. The molecule has 0 bridgehead atoms. The SMILES string of the molecule is CN(CC(C)(C)C)C(=O)c1cc(S(N)(=O)=O)cn1C1CC1. The van der Waals surface area contributed by atoms with Crippen molar-refractivity contribution in [1.82, 2.24) is 9.47 Å². The number of nitrogens with two attached hydrogens (primary N) is 1. The summed E-state index contributed by atoms with van der Waals surface area (Å²) in [6.07, 6.45) is 3.40. The number of carbonyl (C=O) groups excluding carboxylic acids is 1. The summed E-state index contributed by atoms with van der Waals surface area (Å²) in [4.78, 5) is 14.2. The number of hydrogen-bond acceptors (Lipinski definition) is 3. The summed E-state index contributed by atoms with van der Waals surface area (Å²) >= 11 is 0. The van der Waals surface area contributed by atoms with E-state index in [1.54, 1.807) is 16.5 Å². The number of rotatable bonds is 4. The van der Waals surface area contributed by atoms with Gasteiger partial charge in [0.05, 0.1) is 0 Å². The van der Waals surface area contributed by atoms with Crippen LogP contribution in [0.4, 0.5) is 0 Å². The van der Waals surface area contributed by atoms with Gasteiger partial charge in [0.2, 0.25) is 10.0 Å². The lowest BCUT2D eigenvalue weighted by Gasteiger charge is -2.27. The van der Waals surface area contributed by atoms with Crippen molar-refractivity contribution < 1.29 is 13.2 Å². The maximum absolute atomic E-state index is 12.6. The fraction of sp³-hybridized carbons (Fsp3) is 0.643. The van der Waals surface area contributed by atoms with Crippen LogP contribution in [0, 0.1) is 5.41 Å². The molecule has 1 amide bonds. The predicted molar refractivity (Wildman–Crippen MR) is 80.5 cm³/mol. The van der Waals surface area contributed by atoms with Gasteiger partial charge in [0, 0.05) is 25.8 Å². The second-order valence-electron chi connectivity index (χ2n) is 6.97. The normalized spacial score (nSPS) is 16.0. The molecule has 0 aliphatic heterocycles. The zero-order valence-corrected chi connectivity index (χ0v) is 13.8. The highest BCUT2D eigenvalue weighted by Gasteiger charge is 2.31. The molecule has 1 fully saturated rings. The Morgan fingerprint density at radius 2 is 2.00 bits per heavy atom. The molecular weight excluding hydrogens is 290 g/mol. The van der Waals surface area contributed by atoms with Crippen LogP contribution in [0.3, 0.4) is 0 Å². The molecule has 0 saturated heterocycles. The Bertz CT molecular complexity index is 651. The molecule has 2 rings (SSSR count). The average molecular weight is 313 g/mol. The molecule has 1 aliphatic rings. The summed E-state index contributed by atoms with van der Waals surface area (Å²) in [6, 6.07) is 1.59. The molecule has 2 N–H and O–H groups in total. The van der Waals surface area contributed by atoms with Crippen LogP contribution in [0.25, 0.3) is 0 Å². The smallest absolute Gasteiger partial charge is 0.270 e. The summed E-state index contributed by atoms with van der Waals surface area (Å²) < 4.78 is 24.8. The molecule has 21 heavy (non-hydrogen) atoms. The van der Waals surface area contributed by atoms with Crippen LogP contribution in [0.5, 0.6) is 0 Å². The first-order valence-electron chi connectivity index (χ1n) is 6.99. The zero-order chi connectivity index (χ0) is 16.0. The molecule has 0 aromatic carbocycles. The van der Waals surface area contributed by atoms with E-state index in [9.17, 15) is 13.2 Å². The van der Waals surface area contributed by atoms with Crippen LogP contribution in [-0.2, 0) is 10.0 Å². The van der Waals surface area contributed by atoms with Gasteiger partial charge in [0.25, 0.3) is 5.91 Å². The number of aromatic nitrogens is 1. The highest BCUT2D eigenvalue weighted by atomic mass is 32.2. The quantitative estimate of drug-likeness (QED) is 0.916. The molecular formula is C14H23N3O3S. The van der Waals surface area contributed by atoms with Crippen molar-refractivity contribution in [2.75, 3.05) is 13.6 Å². The lowest BCUT2D eigenvalue weighted by molar-refractivity contribution is 0.0734. The van der Waals surface area contributed by atoms with Crippen molar-refractivity contribution in [3.63, 3.8) is 0 Å². The maximum atomic E-state index is 12.6. The Labute approximate surface area is 126 Å². The second-order valence-corrected chi connectivity index (χ2v) is 8.53. The van der Waals surface area contributed by atoms with E-state index in [1.807, 2.05) is 20.8 Å². The third kappa shape index (κ3) is 3.85. The van der Waals surface area contributed by atoms with Gasteiger partial charge in [-0.1, -0.05) is 20.8 Å². The van der Waals surface area contributed by atoms with Crippen LogP contribution in [0.2, 0.25) is 0 Å². The first-order chi connectivity index (χ1) is 9.49. The first kappa shape index (κ1) is 16.0. The van der Waals surface area contributed by atoms with Crippen LogP contribution >= 0.6 is 0 Å². The van der Waals surface area contributed by atoms with Gasteiger partial charge in [-0.3, -0.25) is 4.79 Å². The average Bonchev–Trinajstić information content (AvgIpc) is 3.03. The molecule has 1 aromatic rings. The molecule has 0 atom stereocenters. The molecule has 0 radical (unpaired) electrons. The molecule has 1 aromatic heterocycles. The van der Waals surface area contributed by atoms with Gasteiger partial charge in [-0.2, -0.15) is 0 Å². The summed E-state index contributed by atoms with van der Waals surface area (Å²) in [5, 5.41) is 5.17. The second kappa shape index (κ2) is 5.14. The van der Waals surface area contributed by atoms with E-state index in [0.717, 1.165) is 12.8 Å². The van der Waals surface area contributed by atoms with E-state index in [4.69, 9.17) is 5.14 Å². The van der Waals surface area contributed by atoms with Crippen LogP contribution in [-0.4, -0.2) is 37.4 Å². The zero-order valence-electron chi connectivity index (χ0n) is 13.0. The standard InChI is InChI=1S/C14H23N3O3S/c1-14(2,3)9-16(4)13(18)12-7-11(21(15,19)20)8-17(12)10-5-6-10/h7-8,10H,5-6,9H2,1-4H3,(H2,15,19,20). The number of carbonyl (C=O) groups is 1. The van der Waals surface area contributed by atoms with E-state index < -0.39 is 10.0 Å². The van der Waals surface area contributed by atoms with Gasteiger partial charge < -0.3 is 9.47 Å². The Morgan fingerprint density at radius 1 is 1.43 bits per heavy atom. The van der Waals surface area contributed by atoms with E-state index in [2.05, 4.69) is 0 Å². The molecule has 1 heterocycles. The van der Waals surface area contributed by atoms with E-state index in [1.165, 1.54) is 12.3 Å². The molecule has 1 aliphatic carbocycles. The Balaban J connectivity index is 2.34. The third-order valence-corrected chi connectivity index (χ3v) is 4.25. The third-order valence-electron chi connectivity index (χ3n) is 3.37. The van der Waals surface area contributed by atoms with Crippen molar-refractivity contribution >= 4 is 15.9 Å². The number of hydrogen-bond donors (Lipinski definition) is 1. The van der Waals surface area contributed by atoms with Crippen molar-refractivity contribution in [2.24, 2.45) is 10.6 Å². The van der Waals surface area contributed by atoms with Crippen molar-refractivity contribution in [1.29, 1.82) is 0 Å². The molecule has 118 valence electrons. The summed E-state index contributed by atoms with van der Waals surface area (Å²) in [5.74, 6) is -0.174. The van der Waals surface area contributed by atoms with Crippen molar-refractivity contribution in [3.05, 3.63) is 18.0 Å². The maximum Gasteiger partial charge on any atom is 0.270 e. The summed E-state index contributed by atoms with van der Waals surface area (Å²) in [5.41, 5.74) is 0.373. The Morgan fingerprint density at radius 3 is 2.43 bits per heavy atom. The lowest BCUT2D eigenvalue weighted by atomic mass is 9.96. The van der Waals surface area contributed by atoms with Gasteiger partial charge in [-0.25, -0.2) is 13.6 Å². The fourth-order valence-electron chi connectivity index (χ4n) is 2.41. The summed E-state index contributed by atoms with van der Waals surface area (Å²) in [6.45, 7) is 6.73. The minimum absolute atomic E-state index is 0.00177. The molecule has 6 nitrogen and oxygen atoms in total. The van der Waals surface area contributed by atoms with Crippen LogP contribution in [0.15, 0.2) is 17.2 Å². The van der Waals surface area contributed by atoms with Gasteiger partial charge in [0.15, 0.2) is 0 Å². The lowest BCUT2D eigenvalue weighted by Crippen LogP contribution is -2.35. The van der Waals surface area contributed by atoms with Gasteiger partial charge >= 0.3 is 0 Å². The fourth-order valence-corrected chi connectivity index (χ4v) is 2.95. The van der Waals surface area contributed by atoms with Gasteiger partial charge in [-0.05, 0) is 24.3 Å². The highest BCUT2D eigenvalue weighted by Crippen LogP contribution is 2.37.